The normalized spacial score (nSPS) is 9.68. The van der Waals surface area contributed by atoms with Gasteiger partial charge in [0, 0.05) is 12.1 Å². The first-order valence-corrected chi connectivity index (χ1v) is 8.42. The van der Waals surface area contributed by atoms with Crippen LogP contribution in [0.15, 0.2) is 42.5 Å². The molecule has 0 saturated carbocycles. The third-order valence-electron chi connectivity index (χ3n) is 3.73. The molecule has 0 aliphatic rings. The van der Waals surface area contributed by atoms with Crippen molar-refractivity contribution in [3.63, 3.8) is 0 Å². The summed E-state index contributed by atoms with van der Waals surface area (Å²) in [6.07, 6.45) is 0.969. The standard InChI is InChI=1S/C18H23NO3.C2H2O4/c1-20-16-9-7-14(8-10-16)11-12-19-13-15-5-4-6-17(21-2)18(15)22-3;3-1(4)2(5)6/h4-10,19H,11-13H2,1-3H3;(H,3,4)(H,5,6). The van der Waals surface area contributed by atoms with Crippen molar-refractivity contribution in [1.82, 2.24) is 5.32 Å². The Hall–Kier alpha value is -3.26. The summed E-state index contributed by atoms with van der Waals surface area (Å²) in [5, 5.41) is 18.2. The van der Waals surface area contributed by atoms with Gasteiger partial charge in [0.25, 0.3) is 0 Å². The van der Waals surface area contributed by atoms with Gasteiger partial charge in [-0.25, -0.2) is 9.59 Å². The predicted octanol–water partition coefficient (Wildman–Crippen LogP) is 2.20. The Morgan fingerprint density at radius 1 is 0.893 bits per heavy atom. The van der Waals surface area contributed by atoms with E-state index in [4.69, 9.17) is 34.0 Å². The maximum Gasteiger partial charge on any atom is 0.414 e. The van der Waals surface area contributed by atoms with E-state index in [1.807, 2.05) is 30.3 Å². The molecule has 0 aliphatic carbocycles. The minimum Gasteiger partial charge on any atom is -0.497 e. The molecule has 0 unspecified atom stereocenters. The highest BCUT2D eigenvalue weighted by atomic mass is 16.5. The molecule has 0 spiro atoms. The Labute approximate surface area is 163 Å². The van der Waals surface area contributed by atoms with Gasteiger partial charge < -0.3 is 29.7 Å². The van der Waals surface area contributed by atoms with E-state index >= 15 is 0 Å². The molecular formula is C20H25NO7. The van der Waals surface area contributed by atoms with Crippen LogP contribution in [0.5, 0.6) is 17.2 Å². The third kappa shape index (κ3) is 7.55. The van der Waals surface area contributed by atoms with Crippen LogP contribution >= 0.6 is 0 Å². The lowest BCUT2D eigenvalue weighted by Crippen LogP contribution is -2.17. The molecule has 152 valence electrons. The van der Waals surface area contributed by atoms with Gasteiger partial charge in [-0.3, -0.25) is 0 Å². The molecule has 8 heteroatoms. The van der Waals surface area contributed by atoms with Gasteiger partial charge in [0.05, 0.1) is 21.3 Å². The Balaban J connectivity index is 0.000000568. The second kappa shape index (κ2) is 12.2. The zero-order valence-corrected chi connectivity index (χ0v) is 16.1. The number of methoxy groups -OCH3 is 3. The first-order valence-electron chi connectivity index (χ1n) is 8.42. The number of hydrogen-bond acceptors (Lipinski definition) is 6. The molecule has 2 aromatic carbocycles. The van der Waals surface area contributed by atoms with Crippen LogP contribution in [0.4, 0.5) is 0 Å². The molecule has 0 fully saturated rings. The first kappa shape index (κ1) is 22.8. The molecule has 0 amide bonds. The van der Waals surface area contributed by atoms with Crippen molar-refractivity contribution in [1.29, 1.82) is 0 Å². The topological polar surface area (TPSA) is 114 Å². The van der Waals surface area contributed by atoms with Gasteiger partial charge in [0.1, 0.15) is 5.75 Å². The fourth-order valence-corrected chi connectivity index (χ4v) is 2.34. The Morgan fingerprint density at radius 3 is 2.04 bits per heavy atom. The number of hydrogen-bond donors (Lipinski definition) is 3. The predicted molar refractivity (Wildman–Crippen MR) is 103 cm³/mol. The second-order valence-corrected chi connectivity index (χ2v) is 5.54. The monoisotopic (exact) mass is 391 g/mol. The van der Waals surface area contributed by atoms with Crippen molar-refractivity contribution in [2.24, 2.45) is 0 Å². The van der Waals surface area contributed by atoms with Gasteiger partial charge in [-0.15, -0.1) is 0 Å². The minimum absolute atomic E-state index is 0.747. The van der Waals surface area contributed by atoms with Crippen molar-refractivity contribution in [2.75, 3.05) is 27.9 Å². The molecule has 2 rings (SSSR count). The van der Waals surface area contributed by atoms with Crippen LogP contribution in [-0.4, -0.2) is 50.0 Å². The number of nitrogens with one attached hydrogen (secondary N) is 1. The molecule has 0 bridgehead atoms. The van der Waals surface area contributed by atoms with Crippen LogP contribution < -0.4 is 19.5 Å². The number of ether oxygens (including phenoxy) is 3. The van der Waals surface area contributed by atoms with Gasteiger partial charge in [0.2, 0.25) is 0 Å². The zero-order valence-electron chi connectivity index (χ0n) is 16.1. The Kier molecular flexibility index (Phi) is 9.91. The average Bonchev–Trinajstić information content (AvgIpc) is 2.71. The molecule has 28 heavy (non-hydrogen) atoms. The number of benzene rings is 2. The molecule has 0 heterocycles. The van der Waals surface area contributed by atoms with E-state index in [1.165, 1.54) is 5.56 Å². The fraction of sp³-hybridized carbons (Fsp3) is 0.300. The van der Waals surface area contributed by atoms with E-state index in [9.17, 15) is 0 Å². The van der Waals surface area contributed by atoms with Crippen molar-refractivity contribution in [3.8, 4) is 17.2 Å². The van der Waals surface area contributed by atoms with Crippen LogP contribution in [0.2, 0.25) is 0 Å². The van der Waals surface area contributed by atoms with Crippen LogP contribution in [0.3, 0.4) is 0 Å². The van der Waals surface area contributed by atoms with Crippen LogP contribution in [-0.2, 0) is 22.6 Å². The largest absolute Gasteiger partial charge is 0.497 e. The number of carboxylic acid groups (broad SMARTS) is 2. The first-order chi connectivity index (χ1) is 13.4. The van der Waals surface area contributed by atoms with Crippen molar-refractivity contribution in [3.05, 3.63) is 53.6 Å². The van der Waals surface area contributed by atoms with E-state index in [-0.39, 0.29) is 0 Å². The van der Waals surface area contributed by atoms with E-state index in [1.54, 1.807) is 21.3 Å². The molecule has 8 nitrogen and oxygen atoms in total. The maximum atomic E-state index is 9.10. The van der Waals surface area contributed by atoms with Gasteiger partial charge in [-0.2, -0.15) is 0 Å². The molecule has 0 radical (unpaired) electrons. The smallest absolute Gasteiger partial charge is 0.414 e. The summed E-state index contributed by atoms with van der Waals surface area (Å²) in [5.41, 5.74) is 2.38. The highest BCUT2D eigenvalue weighted by Gasteiger charge is 2.08. The van der Waals surface area contributed by atoms with Gasteiger partial charge in [0.15, 0.2) is 11.5 Å². The summed E-state index contributed by atoms with van der Waals surface area (Å²) in [7, 11) is 5.00. The van der Waals surface area contributed by atoms with Gasteiger partial charge in [-0.1, -0.05) is 24.3 Å². The van der Waals surface area contributed by atoms with E-state index in [0.29, 0.717) is 0 Å². The quantitative estimate of drug-likeness (QED) is 0.463. The van der Waals surface area contributed by atoms with Crippen LogP contribution in [0.1, 0.15) is 11.1 Å². The van der Waals surface area contributed by atoms with E-state index in [0.717, 1.165) is 42.3 Å². The number of rotatable bonds is 8. The maximum absolute atomic E-state index is 9.10. The lowest BCUT2D eigenvalue weighted by Gasteiger charge is -2.13. The molecule has 0 saturated heterocycles. The number of para-hydroxylation sites is 1. The number of carbonyl (C=O) groups is 2. The summed E-state index contributed by atoms with van der Waals surface area (Å²) < 4.78 is 15.9. The van der Waals surface area contributed by atoms with E-state index in [2.05, 4.69) is 17.4 Å². The molecular weight excluding hydrogens is 366 g/mol. The second-order valence-electron chi connectivity index (χ2n) is 5.54. The minimum atomic E-state index is -1.82. The number of aliphatic carboxylic acids is 2. The van der Waals surface area contributed by atoms with Crippen LogP contribution in [0.25, 0.3) is 0 Å². The molecule has 0 aromatic heterocycles. The lowest BCUT2D eigenvalue weighted by molar-refractivity contribution is -0.159. The third-order valence-corrected chi connectivity index (χ3v) is 3.73. The summed E-state index contributed by atoms with van der Waals surface area (Å²) in [5.74, 6) is -1.21. The molecule has 3 N–H and O–H groups in total. The van der Waals surface area contributed by atoms with Crippen molar-refractivity contribution in [2.45, 2.75) is 13.0 Å². The molecule has 2 aromatic rings. The highest BCUT2D eigenvalue weighted by molar-refractivity contribution is 6.27. The average molecular weight is 391 g/mol. The van der Waals surface area contributed by atoms with Crippen molar-refractivity contribution < 1.29 is 34.0 Å². The number of carboxylic acids is 2. The van der Waals surface area contributed by atoms with Crippen molar-refractivity contribution >= 4 is 11.9 Å². The zero-order chi connectivity index (χ0) is 20.9. The van der Waals surface area contributed by atoms with Crippen LogP contribution in [0, 0.1) is 0 Å². The van der Waals surface area contributed by atoms with Gasteiger partial charge >= 0.3 is 11.9 Å². The molecule has 0 aliphatic heterocycles. The summed E-state index contributed by atoms with van der Waals surface area (Å²) in [6, 6.07) is 14.1. The highest BCUT2D eigenvalue weighted by Crippen LogP contribution is 2.30. The Bertz CT molecular complexity index is 748. The Morgan fingerprint density at radius 2 is 1.54 bits per heavy atom. The van der Waals surface area contributed by atoms with E-state index < -0.39 is 11.9 Å². The summed E-state index contributed by atoms with van der Waals surface area (Å²) in [6.45, 7) is 1.64. The fourth-order valence-electron chi connectivity index (χ4n) is 2.34. The lowest BCUT2D eigenvalue weighted by atomic mass is 10.1. The van der Waals surface area contributed by atoms with Gasteiger partial charge in [-0.05, 0) is 36.7 Å². The summed E-state index contributed by atoms with van der Waals surface area (Å²) in [4.78, 5) is 18.2. The SMILES string of the molecule is COc1ccc(CCNCc2cccc(OC)c2OC)cc1.O=C(O)C(=O)O. The molecule has 0 atom stereocenters. The summed E-state index contributed by atoms with van der Waals surface area (Å²) >= 11 is 0.